The minimum Gasteiger partial charge on any atom is -0.398 e. The van der Waals surface area contributed by atoms with E-state index in [1.54, 1.807) is 0 Å². The van der Waals surface area contributed by atoms with E-state index in [1.165, 1.54) is 0 Å². The van der Waals surface area contributed by atoms with Crippen molar-refractivity contribution in [3.8, 4) is 0 Å². The Kier molecular flexibility index (Phi) is 3.45. The Morgan fingerprint density at radius 2 is 2.29 bits per heavy atom. The molecule has 1 heterocycles. The van der Waals surface area contributed by atoms with Crippen LogP contribution in [0.1, 0.15) is 0 Å². The molecule has 0 aromatic carbocycles. The highest BCUT2D eigenvalue weighted by Crippen LogP contribution is 2.02. The summed E-state index contributed by atoms with van der Waals surface area (Å²) >= 11 is 0. The van der Waals surface area contributed by atoms with Gasteiger partial charge in [-0.05, 0) is 0 Å². The Hall–Kier alpha value is -1.58. The van der Waals surface area contributed by atoms with Crippen LogP contribution in [0.3, 0.4) is 0 Å². The van der Waals surface area contributed by atoms with E-state index >= 15 is 0 Å². The van der Waals surface area contributed by atoms with E-state index in [0.29, 0.717) is 11.4 Å². The molecule has 0 spiro atoms. The van der Waals surface area contributed by atoms with Crippen LogP contribution in [-0.2, 0) is 0 Å². The van der Waals surface area contributed by atoms with E-state index in [1.807, 2.05) is 0 Å². The average molecular weight is 194 g/mol. The summed E-state index contributed by atoms with van der Waals surface area (Å²) in [4.78, 5) is 2.18. The summed E-state index contributed by atoms with van der Waals surface area (Å²) in [6, 6.07) is 0. The van der Waals surface area contributed by atoms with Gasteiger partial charge in [-0.2, -0.15) is 0 Å². The number of nitrogens with zero attached hydrogens (tertiary/aromatic N) is 1. The van der Waals surface area contributed by atoms with Crippen LogP contribution < -0.4 is 16.4 Å². The van der Waals surface area contributed by atoms with Crippen molar-refractivity contribution >= 4 is 0 Å². The Balaban J connectivity index is 2.18. The van der Waals surface area contributed by atoms with Gasteiger partial charge in [-0.15, -0.1) is 0 Å². The van der Waals surface area contributed by atoms with Crippen LogP contribution in [-0.4, -0.2) is 31.1 Å². The molecule has 78 valence electrons. The van der Waals surface area contributed by atoms with Gasteiger partial charge in [-0.3, -0.25) is 0 Å². The van der Waals surface area contributed by atoms with Crippen LogP contribution in [0.5, 0.6) is 0 Å². The van der Waals surface area contributed by atoms with Crippen molar-refractivity contribution in [2.24, 2.45) is 5.73 Å². The molecule has 0 radical (unpaired) electrons. The molecule has 0 aromatic rings. The highest BCUT2D eigenvalue weighted by molar-refractivity contribution is 5.19. The zero-order valence-corrected chi connectivity index (χ0v) is 8.47. The van der Waals surface area contributed by atoms with Gasteiger partial charge in [0.15, 0.2) is 0 Å². The lowest BCUT2D eigenvalue weighted by Crippen LogP contribution is -2.30. The van der Waals surface area contributed by atoms with Gasteiger partial charge in [-0.25, -0.2) is 0 Å². The molecule has 1 saturated heterocycles. The summed E-state index contributed by atoms with van der Waals surface area (Å²) in [7, 11) is 0. The smallest absolute Gasteiger partial charge is 0.0940 e. The van der Waals surface area contributed by atoms with E-state index in [4.69, 9.17) is 5.73 Å². The first kappa shape index (κ1) is 10.5. The van der Waals surface area contributed by atoms with Gasteiger partial charge in [0, 0.05) is 37.6 Å². The number of hydrogen-bond donors (Lipinski definition) is 3. The molecule has 1 aliphatic rings. The monoisotopic (exact) mass is 194 g/mol. The molecule has 0 unspecified atom stereocenters. The van der Waals surface area contributed by atoms with Crippen LogP contribution in [0.15, 0.2) is 37.0 Å². The van der Waals surface area contributed by atoms with Crippen molar-refractivity contribution in [2.75, 3.05) is 26.2 Å². The maximum atomic E-state index is 5.46. The van der Waals surface area contributed by atoms with Crippen molar-refractivity contribution in [2.45, 2.75) is 0 Å². The van der Waals surface area contributed by atoms with E-state index in [0.717, 1.165) is 32.0 Å². The molecule has 4 N–H and O–H groups in total. The first-order valence-corrected chi connectivity index (χ1v) is 4.66. The summed E-state index contributed by atoms with van der Waals surface area (Å²) in [5.41, 5.74) is 6.64. The van der Waals surface area contributed by atoms with E-state index < -0.39 is 0 Å². The van der Waals surface area contributed by atoms with Gasteiger partial charge in [0.2, 0.25) is 0 Å². The second-order valence-corrected chi connectivity index (χ2v) is 3.29. The minimum atomic E-state index is 0.489. The number of hydrogen-bond acceptors (Lipinski definition) is 4. The number of nitrogens with one attached hydrogen (secondary N) is 2. The number of nitrogens with two attached hydrogens (primary N) is 1. The van der Waals surface area contributed by atoms with Crippen molar-refractivity contribution in [3.05, 3.63) is 37.0 Å². The SMILES string of the molecule is C=C(N)C(=C)NCCN1CCNC1=C. The molecule has 0 saturated carbocycles. The molecule has 0 aromatic heterocycles. The van der Waals surface area contributed by atoms with Crippen LogP contribution in [0.4, 0.5) is 0 Å². The summed E-state index contributed by atoms with van der Waals surface area (Å²) in [5, 5.41) is 6.27. The molecule has 4 nitrogen and oxygen atoms in total. The van der Waals surface area contributed by atoms with E-state index in [9.17, 15) is 0 Å². The third-order valence-electron chi connectivity index (χ3n) is 2.20. The quantitative estimate of drug-likeness (QED) is 0.537. The zero-order chi connectivity index (χ0) is 10.6. The Bertz CT molecular complexity index is 257. The molecule has 0 atom stereocenters. The highest BCUT2D eigenvalue weighted by Gasteiger charge is 2.12. The predicted molar refractivity (Wildman–Crippen MR) is 59.2 cm³/mol. The summed E-state index contributed by atoms with van der Waals surface area (Å²) in [6.07, 6.45) is 0. The van der Waals surface area contributed by atoms with Crippen LogP contribution in [0, 0.1) is 0 Å². The largest absolute Gasteiger partial charge is 0.398 e. The maximum Gasteiger partial charge on any atom is 0.0940 e. The Labute approximate surface area is 85.1 Å². The maximum absolute atomic E-state index is 5.46. The van der Waals surface area contributed by atoms with E-state index in [2.05, 4.69) is 35.3 Å². The first-order chi connectivity index (χ1) is 6.61. The van der Waals surface area contributed by atoms with Gasteiger partial charge in [0.25, 0.3) is 0 Å². The molecule has 1 aliphatic heterocycles. The van der Waals surface area contributed by atoms with Gasteiger partial charge in [0.1, 0.15) is 0 Å². The van der Waals surface area contributed by atoms with Gasteiger partial charge in [-0.1, -0.05) is 19.7 Å². The fraction of sp³-hybridized carbons (Fsp3) is 0.400. The third kappa shape index (κ3) is 2.73. The number of rotatable bonds is 5. The summed E-state index contributed by atoms with van der Waals surface area (Å²) < 4.78 is 0. The lowest BCUT2D eigenvalue weighted by atomic mass is 10.4. The van der Waals surface area contributed by atoms with Crippen molar-refractivity contribution in [1.29, 1.82) is 0 Å². The predicted octanol–water partition coefficient (Wildman–Crippen LogP) is -0.0615. The third-order valence-corrected chi connectivity index (χ3v) is 2.20. The first-order valence-electron chi connectivity index (χ1n) is 4.66. The molecular formula is C10H18N4. The van der Waals surface area contributed by atoms with Crippen LogP contribution in [0.2, 0.25) is 0 Å². The van der Waals surface area contributed by atoms with Crippen molar-refractivity contribution in [3.63, 3.8) is 0 Å². The normalized spacial score (nSPS) is 15.1. The van der Waals surface area contributed by atoms with E-state index in [-0.39, 0.29) is 0 Å². The summed E-state index contributed by atoms with van der Waals surface area (Å²) in [6.45, 7) is 14.9. The molecule has 1 rings (SSSR count). The van der Waals surface area contributed by atoms with Crippen molar-refractivity contribution in [1.82, 2.24) is 15.5 Å². The molecule has 0 bridgehead atoms. The molecule has 0 aliphatic carbocycles. The zero-order valence-electron chi connectivity index (χ0n) is 8.47. The standard InChI is InChI=1S/C10H18N4/c1-8(11)9(2)12-4-6-14-7-5-13-10(14)3/h12-13H,1-7,11H2. The van der Waals surface area contributed by atoms with Crippen LogP contribution in [0.25, 0.3) is 0 Å². The molecule has 1 fully saturated rings. The fourth-order valence-electron chi connectivity index (χ4n) is 1.28. The highest BCUT2D eigenvalue weighted by atomic mass is 15.3. The minimum absolute atomic E-state index is 0.489. The Morgan fingerprint density at radius 3 is 2.79 bits per heavy atom. The van der Waals surface area contributed by atoms with Gasteiger partial charge >= 0.3 is 0 Å². The lowest BCUT2D eigenvalue weighted by Gasteiger charge is -2.18. The topological polar surface area (TPSA) is 53.3 Å². The fourth-order valence-corrected chi connectivity index (χ4v) is 1.28. The average Bonchev–Trinajstić information content (AvgIpc) is 2.51. The van der Waals surface area contributed by atoms with Crippen molar-refractivity contribution < 1.29 is 0 Å². The van der Waals surface area contributed by atoms with Gasteiger partial charge < -0.3 is 21.3 Å². The lowest BCUT2D eigenvalue weighted by molar-refractivity contribution is 0.396. The van der Waals surface area contributed by atoms with Crippen LogP contribution >= 0.6 is 0 Å². The molecule has 0 amide bonds. The second kappa shape index (κ2) is 4.60. The molecule has 4 heteroatoms. The molecule has 14 heavy (non-hydrogen) atoms. The summed E-state index contributed by atoms with van der Waals surface area (Å²) in [5.74, 6) is 0.990. The second-order valence-electron chi connectivity index (χ2n) is 3.29. The Morgan fingerprint density at radius 1 is 1.57 bits per heavy atom. The molecular weight excluding hydrogens is 176 g/mol. The van der Waals surface area contributed by atoms with Gasteiger partial charge in [0.05, 0.1) is 5.82 Å².